The van der Waals surface area contributed by atoms with E-state index in [1.807, 2.05) is 0 Å². The smallest absolute Gasteiger partial charge is 0.309 e. The minimum Gasteiger partial charge on any atom is -0.481 e. The van der Waals surface area contributed by atoms with Crippen LogP contribution in [0.5, 0.6) is 0 Å². The lowest BCUT2D eigenvalue weighted by molar-refractivity contribution is -0.148. The second-order valence-corrected chi connectivity index (χ2v) is 5.24. The summed E-state index contributed by atoms with van der Waals surface area (Å²) in [7, 11) is 0. The normalized spacial score (nSPS) is 11.1. The molecule has 0 radical (unpaired) electrons. The quantitative estimate of drug-likeness (QED) is 0.872. The SMILES string of the molecule is CC(C)(CC(=O)Nc1cccnc1-n1cccn1)C(=O)O. The topological polar surface area (TPSA) is 97.1 Å². The maximum absolute atomic E-state index is 12.0. The summed E-state index contributed by atoms with van der Waals surface area (Å²) in [5.74, 6) is -0.927. The maximum atomic E-state index is 12.0. The summed E-state index contributed by atoms with van der Waals surface area (Å²) in [6, 6.07) is 5.12. The monoisotopic (exact) mass is 288 g/mol. The average Bonchev–Trinajstić information content (AvgIpc) is 2.92. The molecule has 0 fully saturated rings. The number of carboxylic acids is 1. The Hall–Kier alpha value is -2.70. The van der Waals surface area contributed by atoms with Crippen molar-refractivity contribution in [2.24, 2.45) is 5.41 Å². The predicted octanol–water partition coefficient (Wildman–Crippen LogP) is 1.71. The van der Waals surface area contributed by atoms with Gasteiger partial charge in [0.2, 0.25) is 5.91 Å². The Labute approximate surface area is 121 Å². The summed E-state index contributed by atoms with van der Waals surface area (Å²) in [4.78, 5) is 27.3. The second kappa shape index (κ2) is 5.74. The first-order valence-corrected chi connectivity index (χ1v) is 6.38. The van der Waals surface area contributed by atoms with E-state index in [1.54, 1.807) is 36.8 Å². The number of aromatic nitrogens is 3. The first-order chi connectivity index (χ1) is 9.90. The third kappa shape index (κ3) is 3.44. The van der Waals surface area contributed by atoms with E-state index in [9.17, 15) is 9.59 Å². The highest BCUT2D eigenvalue weighted by Crippen LogP contribution is 2.22. The third-order valence-electron chi connectivity index (χ3n) is 2.96. The van der Waals surface area contributed by atoms with Crippen LogP contribution in [0, 0.1) is 5.41 Å². The molecule has 1 amide bonds. The van der Waals surface area contributed by atoms with Crippen molar-refractivity contribution in [3.63, 3.8) is 0 Å². The Balaban J connectivity index is 2.17. The van der Waals surface area contributed by atoms with Gasteiger partial charge in [-0.05, 0) is 32.0 Å². The molecule has 0 aromatic carbocycles. The van der Waals surface area contributed by atoms with E-state index in [-0.39, 0.29) is 12.3 Å². The number of aliphatic carboxylic acids is 1. The molecule has 0 saturated carbocycles. The van der Waals surface area contributed by atoms with Gasteiger partial charge in [-0.1, -0.05) is 0 Å². The van der Waals surface area contributed by atoms with E-state index < -0.39 is 11.4 Å². The Morgan fingerprint density at radius 3 is 2.71 bits per heavy atom. The van der Waals surface area contributed by atoms with E-state index in [4.69, 9.17) is 5.11 Å². The Morgan fingerprint density at radius 1 is 1.33 bits per heavy atom. The summed E-state index contributed by atoms with van der Waals surface area (Å²) in [6.07, 6.45) is 4.77. The van der Waals surface area contributed by atoms with Crippen LogP contribution in [-0.4, -0.2) is 31.7 Å². The van der Waals surface area contributed by atoms with Crippen molar-refractivity contribution in [3.05, 3.63) is 36.8 Å². The van der Waals surface area contributed by atoms with Gasteiger partial charge in [0.1, 0.15) is 0 Å². The molecule has 0 aliphatic carbocycles. The molecule has 2 aromatic heterocycles. The molecule has 110 valence electrons. The van der Waals surface area contributed by atoms with Crippen LogP contribution < -0.4 is 5.32 Å². The summed E-state index contributed by atoms with van der Waals surface area (Å²) in [5, 5.41) is 15.8. The van der Waals surface area contributed by atoms with Gasteiger partial charge in [0.25, 0.3) is 0 Å². The van der Waals surface area contributed by atoms with Gasteiger partial charge in [-0.2, -0.15) is 5.10 Å². The van der Waals surface area contributed by atoms with Gasteiger partial charge in [0, 0.05) is 25.0 Å². The van der Waals surface area contributed by atoms with Crippen LogP contribution >= 0.6 is 0 Å². The molecule has 0 aliphatic heterocycles. The fourth-order valence-corrected chi connectivity index (χ4v) is 1.74. The van der Waals surface area contributed by atoms with Gasteiger partial charge >= 0.3 is 5.97 Å². The van der Waals surface area contributed by atoms with Gasteiger partial charge in [0.05, 0.1) is 11.1 Å². The minimum absolute atomic E-state index is 0.129. The van der Waals surface area contributed by atoms with E-state index in [1.165, 1.54) is 18.5 Å². The Kier molecular flexibility index (Phi) is 4.02. The minimum atomic E-state index is -1.13. The highest BCUT2D eigenvalue weighted by atomic mass is 16.4. The van der Waals surface area contributed by atoms with Gasteiger partial charge in [-0.15, -0.1) is 0 Å². The number of pyridine rings is 1. The average molecular weight is 288 g/mol. The standard InChI is InChI=1S/C14H16N4O3/c1-14(2,13(20)21)9-11(19)17-10-5-3-6-15-12(10)18-8-4-7-16-18/h3-8H,9H2,1-2H3,(H,17,19)(H,20,21). The highest BCUT2D eigenvalue weighted by molar-refractivity contribution is 5.95. The third-order valence-corrected chi connectivity index (χ3v) is 2.96. The van der Waals surface area contributed by atoms with Crippen LogP contribution in [0.2, 0.25) is 0 Å². The fraction of sp³-hybridized carbons (Fsp3) is 0.286. The van der Waals surface area contributed by atoms with E-state index in [0.29, 0.717) is 11.5 Å². The van der Waals surface area contributed by atoms with Crippen LogP contribution in [0.25, 0.3) is 5.82 Å². The summed E-state index contributed by atoms with van der Waals surface area (Å²) in [6.45, 7) is 3.01. The van der Waals surface area contributed by atoms with E-state index >= 15 is 0 Å². The van der Waals surface area contributed by atoms with Crippen molar-refractivity contribution >= 4 is 17.6 Å². The molecule has 2 heterocycles. The number of amides is 1. The Bertz CT molecular complexity index is 650. The number of anilines is 1. The van der Waals surface area contributed by atoms with Crippen LogP contribution in [0.1, 0.15) is 20.3 Å². The number of carbonyl (C=O) groups excluding carboxylic acids is 1. The number of nitrogens with zero attached hydrogens (tertiary/aromatic N) is 3. The zero-order chi connectivity index (χ0) is 15.5. The Morgan fingerprint density at radius 2 is 2.10 bits per heavy atom. The lowest BCUT2D eigenvalue weighted by Gasteiger charge is -2.18. The lowest BCUT2D eigenvalue weighted by Crippen LogP contribution is -2.29. The highest BCUT2D eigenvalue weighted by Gasteiger charge is 2.30. The molecular weight excluding hydrogens is 272 g/mol. The molecule has 7 heteroatoms. The first kappa shape index (κ1) is 14.7. The summed E-state index contributed by atoms with van der Waals surface area (Å²) in [5.41, 5.74) is -0.648. The molecule has 2 rings (SSSR count). The van der Waals surface area contributed by atoms with Gasteiger partial charge in [-0.25, -0.2) is 9.67 Å². The van der Waals surface area contributed by atoms with Crippen molar-refractivity contribution < 1.29 is 14.7 Å². The zero-order valence-electron chi connectivity index (χ0n) is 11.8. The van der Waals surface area contributed by atoms with Gasteiger partial charge in [-0.3, -0.25) is 9.59 Å². The predicted molar refractivity (Wildman–Crippen MR) is 76.0 cm³/mol. The molecule has 0 aliphatic rings. The fourth-order valence-electron chi connectivity index (χ4n) is 1.74. The van der Waals surface area contributed by atoms with Crippen molar-refractivity contribution in [1.29, 1.82) is 0 Å². The van der Waals surface area contributed by atoms with Crippen molar-refractivity contribution in [2.75, 3.05) is 5.32 Å². The van der Waals surface area contributed by atoms with Crippen LogP contribution in [-0.2, 0) is 9.59 Å². The number of carbonyl (C=O) groups is 2. The lowest BCUT2D eigenvalue weighted by atomic mass is 9.89. The number of nitrogens with one attached hydrogen (secondary N) is 1. The largest absolute Gasteiger partial charge is 0.481 e. The summed E-state index contributed by atoms with van der Waals surface area (Å²) < 4.78 is 1.53. The molecule has 0 bridgehead atoms. The van der Waals surface area contributed by atoms with Crippen molar-refractivity contribution in [2.45, 2.75) is 20.3 Å². The molecule has 0 spiro atoms. The van der Waals surface area contributed by atoms with Gasteiger partial charge in [0.15, 0.2) is 5.82 Å². The van der Waals surface area contributed by atoms with Crippen LogP contribution in [0.15, 0.2) is 36.8 Å². The number of carboxylic acid groups (broad SMARTS) is 1. The van der Waals surface area contributed by atoms with Crippen molar-refractivity contribution in [3.8, 4) is 5.82 Å². The van der Waals surface area contributed by atoms with Gasteiger partial charge < -0.3 is 10.4 Å². The first-order valence-electron chi connectivity index (χ1n) is 6.38. The molecule has 0 atom stereocenters. The summed E-state index contributed by atoms with van der Waals surface area (Å²) >= 11 is 0. The zero-order valence-corrected chi connectivity index (χ0v) is 11.8. The maximum Gasteiger partial charge on any atom is 0.309 e. The number of rotatable bonds is 5. The molecule has 2 aromatic rings. The molecule has 21 heavy (non-hydrogen) atoms. The van der Waals surface area contributed by atoms with E-state index in [0.717, 1.165) is 0 Å². The number of hydrogen-bond donors (Lipinski definition) is 2. The molecule has 2 N–H and O–H groups in total. The molecular formula is C14H16N4O3. The van der Waals surface area contributed by atoms with E-state index in [2.05, 4.69) is 15.4 Å². The molecule has 7 nitrogen and oxygen atoms in total. The van der Waals surface area contributed by atoms with Crippen molar-refractivity contribution in [1.82, 2.24) is 14.8 Å². The van der Waals surface area contributed by atoms with Crippen LogP contribution in [0.4, 0.5) is 5.69 Å². The number of hydrogen-bond acceptors (Lipinski definition) is 4. The second-order valence-electron chi connectivity index (χ2n) is 5.24. The molecule has 0 unspecified atom stereocenters. The van der Waals surface area contributed by atoms with Crippen LogP contribution in [0.3, 0.4) is 0 Å². The molecule has 0 saturated heterocycles.